The highest BCUT2D eigenvalue weighted by Crippen LogP contribution is 2.39. The quantitative estimate of drug-likeness (QED) is 0.104. The Morgan fingerprint density at radius 2 is 1.84 bits per heavy atom. The number of nitrogens with one attached hydrogen (secondary N) is 3. The summed E-state index contributed by atoms with van der Waals surface area (Å²) in [6.07, 6.45) is 5.28. The van der Waals surface area contributed by atoms with Crippen LogP contribution >= 0.6 is 22.9 Å². The molecule has 0 bridgehead atoms. The van der Waals surface area contributed by atoms with E-state index in [1.807, 2.05) is 54.2 Å². The van der Waals surface area contributed by atoms with Crippen LogP contribution in [0, 0.1) is 29.6 Å². The summed E-state index contributed by atoms with van der Waals surface area (Å²) in [5.41, 5.74) is 6.95. The van der Waals surface area contributed by atoms with Crippen LogP contribution in [-0.2, 0) is 22.7 Å². The molecule has 3 N–H and O–H groups in total. The molecule has 1 atom stereocenters. The van der Waals surface area contributed by atoms with Crippen LogP contribution in [0.5, 0.6) is 0 Å². The molecule has 286 valence electrons. The van der Waals surface area contributed by atoms with Gasteiger partial charge in [-0.05, 0) is 56.5 Å². The van der Waals surface area contributed by atoms with Crippen molar-refractivity contribution in [3.05, 3.63) is 98.1 Å². The van der Waals surface area contributed by atoms with Gasteiger partial charge in [0, 0.05) is 91.4 Å². The summed E-state index contributed by atoms with van der Waals surface area (Å²) in [5.74, 6) is 6.30. The van der Waals surface area contributed by atoms with Crippen molar-refractivity contribution in [1.29, 1.82) is 10.8 Å². The van der Waals surface area contributed by atoms with Gasteiger partial charge in [0.25, 0.3) is 5.91 Å². The number of fused-ring (bicyclic) bond motifs is 2. The fraction of sp³-hybridized carbons (Fsp3) is 0.341. The van der Waals surface area contributed by atoms with E-state index in [4.69, 9.17) is 27.4 Å². The molecule has 0 spiro atoms. The summed E-state index contributed by atoms with van der Waals surface area (Å²) in [6, 6.07) is 12.7. The third kappa shape index (κ3) is 7.25. The number of piperazine rings is 1. The Kier molecular flexibility index (Phi) is 10.3. The number of aryl methyl sites for hydroxylation is 1. The first-order chi connectivity index (χ1) is 27.0. The van der Waals surface area contributed by atoms with E-state index in [2.05, 4.69) is 38.1 Å². The van der Waals surface area contributed by atoms with Crippen molar-refractivity contribution >= 4 is 68.7 Å². The smallest absolute Gasteiger partial charge is 0.255 e. The standard InChI is InChI=1S/C41H41ClN10O3S/c1-25-34(56-41-37(25)38(28-8-10-29(42)11-9-28)45-22-35(44)52(41)26(2)43)13-7-27-21-46-50(23-27)16-4-15-48-17-19-49(20-18-48)32-6-3-5-30-31(32)24-51(40(30)55)33-12-14-36(53)47-39(33)54/h3,5-6,8-11,21,23,33,43-44H,4,12,14-20,22,24H2,1-2H3,(H,47,53,54). The fourth-order valence-electron chi connectivity index (χ4n) is 7.89. The SMILES string of the molecule is CC(=N)N1C(=N)CN=C(c2ccc(Cl)cc2)c2c1sc(C#Cc1cnn(CCCN3CCN(c4cccc5c4CN(C4CCC(=O)NC4=O)C5=O)CC3)c1)c2C. The fourth-order valence-corrected chi connectivity index (χ4v) is 9.26. The minimum Gasteiger partial charge on any atom is -0.369 e. The Morgan fingerprint density at radius 3 is 2.59 bits per heavy atom. The number of rotatable bonds is 7. The molecule has 3 amide bonds. The van der Waals surface area contributed by atoms with Crippen LogP contribution in [0.2, 0.25) is 5.02 Å². The normalized spacial score (nSPS) is 18.6. The Labute approximate surface area is 333 Å². The number of piperidine rings is 1. The van der Waals surface area contributed by atoms with E-state index in [0.717, 1.165) is 94.8 Å². The van der Waals surface area contributed by atoms with Crippen molar-refractivity contribution in [3.63, 3.8) is 0 Å². The maximum absolute atomic E-state index is 13.3. The van der Waals surface area contributed by atoms with Gasteiger partial charge in [0.15, 0.2) is 0 Å². The Bertz CT molecular complexity index is 2360. The van der Waals surface area contributed by atoms with E-state index in [9.17, 15) is 14.4 Å². The van der Waals surface area contributed by atoms with Crippen molar-refractivity contribution in [1.82, 2.24) is 24.9 Å². The molecule has 1 unspecified atom stereocenters. The van der Waals surface area contributed by atoms with Gasteiger partial charge in [0.2, 0.25) is 11.8 Å². The number of carbonyl (C=O) groups is 3. The number of anilines is 2. The molecule has 2 aromatic carbocycles. The third-order valence-electron chi connectivity index (χ3n) is 10.8. The number of imide groups is 1. The van der Waals surface area contributed by atoms with Gasteiger partial charge in [0.1, 0.15) is 22.7 Å². The first kappa shape index (κ1) is 37.3. The first-order valence-electron chi connectivity index (χ1n) is 18.7. The number of thiophene rings is 1. The predicted molar refractivity (Wildman–Crippen MR) is 219 cm³/mol. The van der Waals surface area contributed by atoms with Crippen LogP contribution < -0.4 is 15.1 Å². The minimum atomic E-state index is -0.623. The highest BCUT2D eigenvalue weighted by molar-refractivity contribution is 7.17. The van der Waals surface area contributed by atoms with Crippen molar-refractivity contribution in [2.75, 3.05) is 49.1 Å². The molecular formula is C41H41ClN10O3S. The number of amidine groups is 2. The minimum absolute atomic E-state index is 0.148. The first-order valence-corrected chi connectivity index (χ1v) is 19.9. The molecular weight excluding hydrogens is 748 g/mol. The molecule has 13 nitrogen and oxygen atoms in total. The van der Waals surface area contributed by atoms with E-state index < -0.39 is 11.9 Å². The summed E-state index contributed by atoms with van der Waals surface area (Å²) in [6.45, 7) is 9.39. The number of benzene rings is 2. The van der Waals surface area contributed by atoms with Gasteiger partial charge in [-0.1, -0.05) is 41.6 Å². The van der Waals surface area contributed by atoms with Gasteiger partial charge < -0.3 is 9.80 Å². The number of carbonyl (C=O) groups excluding carboxylic acids is 3. The van der Waals surface area contributed by atoms with Crippen LogP contribution in [0.4, 0.5) is 10.7 Å². The molecule has 2 saturated heterocycles. The van der Waals surface area contributed by atoms with Crippen LogP contribution in [0.25, 0.3) is 0 Å². The largest absolute Gasteiger partial charge is 0.369 e. The second-order valence-corrected chi connectivity index (χ2v) is 15.8. The molecule has 2 fully saturated rings. The monoisotopic (exact) mass is 788 g/mol. The molecule has 0 radical (unpaired) electrons. The second kappa shape index (κ2) is 15.5. The van der Waals surface area contributed by atoms with Crippen molar-refractivity contribution in [3.8, 4) is 11.8 Å². The average molecular weight is 789 g/mol. The molecule has 56 heavy (non-hydrogen) atoms. The summed E-state index contributed by atoms with van der Waals surface area (Å²) >= 11 is 7.65. The summed E-state index contributed by atoms with van der Waals surface area (Å²) in [5, 5.41) is 25.5. The van der Waals surface area contributed by atoms with Crippen molar-refractivity contribution < 1.29 is 14.4 Å². The lowest BCUT2D eigenvalue weighted by atomic mass is 9.99. The maximum atomic E-state index is 13.3. The van der Waals surface area contributed by atoms with Gasteiger partial charge in [-0.3, -0.25) is 50.0 Å². The van der Waals surface area contributed by atoms with E-state index in [0.29, 0.717) is 23.6 Å². The van der Waals surface area contributed by atoms with Crippen LogP contribution in [0.3, 0.4) is 0 Å². The zero-order chi connectivity index (χ0) is 39.1. The molecule has 0 saturated carbocycles. The summed E-state index contributed by atoms with van der Waals surface area (Å²) < 4.78 is 1.93. The van der Waals surface area contributed by atoms with E-state index in [-0.39, 0.29) is 36.5 Å². The zero-order valence-corrected chi connectivity index (χ0v) is 32.8. The lowest BCUT2D eigenvalue weighted by Gasteiger charge is -2.37. The number of amides is 3. The molecule has 4 aliphatic rings. The predicted octanol–water partition coefficient (Wildman–Crippen LogP) is 4.91. The van der Waals surface area contributed by atoms with Gasteiger partial charge in [-0.2, -0.15) is 5.10 Å². The molecule has 0 aliphatic carbocycles. The second-order valence-electron chi connectivity index (χ2n) is 14.4. The Morgan fingerprint density at radius 1 is 1.05 bits per heavy atom. The number of aliphatic imine (C=N–C) groups is 1. The van der Waals surface area contributed by atoms with Gasteiger partial charge in [-0.15, -0.1) is 11.3 Å². The van der Waals surface area contributed by atoms with Gasteiger partial charge in [0.05, 0.1) is 28.9 Å². The highest BCUT2D eigenvalue weighted by Gasteiger charge is 2.40. The molecule has 4 aromatic rings. The Balaban J connectivity index is 0.879. The summed E-state index contributed by atoms with van der Waals surface area (Å²) in [4.78, 5) is 51.2. The average Bonchev–Trinajstić information content (AvgIpc) is 3.84. The number of nitrogens with zero attached hydrogens (tertiary/aromatic N) is 7. The lowest BCUT2D eigenvalue weighted by Crippen LogP contribution is -2.52. The lowest BCUT2D eigenvalue weighted by molar-refractivity contribution is -0.136. The van der Waals surface area contributed by atoms with Crippen LogP contribution in [0.1, 0.15) is 69.2 Å². The third-order valence-corrected chi connectivity index (χ3v) is 12.2. The van der Waals surface area contributed by atoms with Gasteiger partial charge >= 0.3 is 0 Å². The molecule has 6 heterocycles. The van der Waals surface area contributed by atoms with Crippen LogP contribution in [0.15, 0.2) is 59.9 Å². The number of hydrogen-bond donors (Lipinski definition) is 3. The molecule has 8 rings (SSSR count). The maximum Gasteiger partial charge on any atom is 0.255 e. The number of hydrogen-bond acceptors (Lipinski definition) is 10. The zero-order valence-electron chi connectivity index (χ0n) is 31.2. The number of halogens is 1. The topological polar surface area (TPSA) is 154 Å². The van der Waals surface area contributed by atoms with Crippen LogP contribution in [-0.4, -0.2) is 100.0 Å². The Hall–Kier alpha value is -5.62. The molecule has 2 aromatic heterocycles. The highest BCUT2D eigenvalue weighted by atomic mass is 35.5. The van der Waals surface area contributed by atoms with Crippen molar-refractivity contribution in [2.45, 2.75) is 52.2 Å². The van der Waals surface area contributed by atoms with E-state index in [1.54, 1.807) is 22.9 Å². The number of aromatic nitrogens is 2. The summed E-state index contributed by atoms with van der Waals surface area (Å²) in [7, 11) is 0. The van der Waals surface area contributed by atoms with Crippen molar-refractivity contribution in [2.24, 2.45) is 4.99 Å². The molecule has 4 aliphatic heterocycles. The molecule has 15 heteroatoms. The van der Waals surface area contributed by atoms with Gasteiger partial charge in [-0.25, -0.2) is 0 Å². The van der Waals surface area contributed by atoms with E-state index in [1.165, 1.54) is 11.3 Å². The van der Waals surface area contributed by atoms with E-state index >= 15 is 0 Å².